The van der Waals surface area contributed by atoms with Gasteiger partial charge in [0.15, 0.2) is 5.96 Å². The maximum atomic E-state index is 12.9. The lowest BCUT2D eigenvalue weighted by atomic mass is 9.99. The molecule has 0 aliphatic carbocycles. The summed E-state index contributed by atoms with van der Waals surface area (Å²) in [5.74, 6) is 0.545. The van der Waals surface area contributed by atoms with Crippen LogP contribution in [0.15, 0.2) is 64.5 Å². The van der Waals surface area contributed by atoms with Crippen LogP contribution in [-0.2, 0) is 18.8 Å². The molecule has 39 heavy (non-hydrogen) atoms. The number of aliphatic imine (C=N–C) groups is 1. The quantitative estimate of drug-likeness (QED) is 0.0745. The van der Waals surface area contributed by atoms with Gasteiger partial charge in [-0.1, -0.05) is 18.2 Å². The standard InChI is InChI=1S/C29H37ClN8O/c1-19(31)4-2-5-21-12-22(16-30)14-23(13-21)26-15-24-18-38(29(39)37-27(24)36-26)25-8-6-20(7-9-25)17-34-10-3-11-35-28(32)33/h6-9,12-15,18-19,34H,2-5,10-11,16-17,31H2,1H3,(H4,32,33,35)(H,36,37,39)/t19-/m1/s1. The van der Waals surface area contributed by atoms with Crippen molar-refractivity contribution in [3.63, 3.8) is 0 Å². The Morgan fingerprint density at radius 2 is 1.87 bits per heavy atom. The van der Waals surface area contributed by atoms with Crippen molar-refractivity contribution in [3.05, 3.63) is 81.9 Å². The second-order valence-electron chi connectivity index (χ2n) is 9.93. The first-order valence-corrected chi connectivity index (χ1v) is 13.8. The number of rotatable bonds is 13. The minimum absolute atomic E-state index is 0.114. The van der Waals surface area contributed by atoms with Crippen molar-refractivity contribution >= 4 is 28.6 Å². The Kier molecular flexibility index (Phi) is 9.75. The number of nitrogens with two attached hydrogens (primary N) is 3. The zero-order valence-electron chi connectivity index (χ0n) is 22.3. The van der Waals surface area contributed by atoms with Gasteiger partial charge in [0, 0.05) is 42.3 Å². The average molecular weight is 549 g/mol. The van der Waals surface area contributed by atoms with Crippen molar-refractivity contribution < 1.29 is 0 Å². The van der Waals surface area contributed by atoms with Crippen LogP contribution in [0.2, 0.25) is 0 Å². The normalized spacial score (nSPS) is 12.1. The summed E-state index contributed by atoms with van der Waals surface area (Å²) in [7, 11) is 0. The molecule has 0 bridgehead atoms. The molecule has 0 amide bonds. The van der Waals surface area contributed by atoms with Crippen LogP contribution in [0.4, 0.5) is 0 Å². The number of alkyl halides is 1. The van der Waals surface area contributed by atoms with Crippen LogP contribution >= 0.6 is 11.6 Å². The molecule has 2 heterocycles. The van der Waals surface area contributed by atoms with Crippen LogP contribution in [0, 0.1) is 0 Å². The van der Waals surface area contributed by atoms with Crippen molar-refractivity contribution in [2.24, 2.45) is 22.2 Å². The average Bonchev–Trinajstić information content (AvgIpc) is 3.33. The van der Waals surface area contributed by atoms with E-state index in [0.29, 0.717) is 24.6 Å². The van der Waals surface area contributed by atoms with Gasteiger partial charge in [0.1, 0.15) is 5.65 Å². The molecule has 0 saturated heterocycles. The fraction of sp³-hybridized carbons (Fsp3) is 0.345. The first kappa shape index (κ1) is 28.4. The van der Waals surface area contributed by atoms with Gasteiger partial charge in [-0.2, -0.15) is 4.98 Å². The molecule has 0 fully saturated rings. The largest absolute Gasteiger partial charge is 0.370 e. The molecular formula is C29H37ClN8O. The maximum Gasteiger partial charge on any atom is 0.354 e. The van der Waals surface area contributed by atoms with Crippen LogP contribution < -0.4 is 28.2 Å². The Labute approximate surface area is 233 Å². The number of fused-ring (bicyclic) bond motifs is 1. The monoisotopic (exact) mass is 548 g/mol. The molecule has 2 aromatic heterocycles. The van der Waals surface area contributed by atoms with E-state index in [1.807, 2.05) is 43.5 Å². The van der Waals surface area contributed by atoms with E-state index < -0.39 is 0 Å². The molecule has 10 heteroatoms. The smallest absolute Gasteiger partial charge is 0.354 e. The van der Waals surface area contributed by atoms with Gasteiger partial charge in [0.2, 0.25) is 0 Å². The lowest BCUT2D eigenvalue weighted by Crippen LogP contribution is -2.23. The number of halogens is 1. The lowest BCUT2D eigenvalue weighted by molar-refractivity contribution is 0.624. The number of guanidine groups is 1. The van der Waals surface area contributed by atoms with Gasteiger partial charge in [-0.05, 0) is 91.7 Å². The third-order valence-corrected chi connectivity index (χ3v) is 6.81. The Hall–Kier alpha value is -3.66. The first-order valence-electron chi connectivity index (χ1n) is 13.2. The van der Waals surface area contributed by atoms with E-state index in [2.05, 4.69) is 38.5 Å². The van der Waals surface area contributed by atoms with E-state index in [9.17, 15) is 4.79 Å². The van der Waals surface area contributed by atoms with Crippen molar-refractivity contribution in [3.8, 4) is 16.9 Å². The summed E-state index contributed by atoms with van der Waals surface area (Å²) in [6.07, 6.45) is 5.61. The summed E-state index contributed by atoms with van der Waals surface area (Å²) < 4.78 is 1.57. The zero-order chi connectivity index (χ0) is 27.8. The predicted octanol–water partition coefficient (Wildman–Crippen LogP) is 3.54. The van der Waals surface area contributed by atoms with Gasteiger partial charge < -0.3 is 27.5 Å². The van der Waals surface area contributed by atoms with Crippen molar-refractivity contribution in [1.82, 2.24) is 19.9 Å². The number of benzene rings is 2. The van der Waals surface area contributed by atoms with Gasteiger partial charge in [-0.15, -0.1) is 11.6 Å². The number of aryl methyl sites for hydroxylation is 1. The molecule has 4 aromatic rings. The van der Waals surface area contributed by atoms with Crippen LogP contribution in [0.5, 0.6) is 0 Å². The number of nitrogens with zero attached hydrogens (tertiary/aromatic N) is 3. The molecule has 0 aliphatic rings. The molecule has 8 N–H and O–H groups in total. The van der Waals surface area contributed by atoms with Gasteiger partial charge in [-0.3, -0.25) is 9.56 Å². The SMILES string of the molecule is C[C@@H](N)CCCc1cc(CCl)cc(-c2cc3cn(-c4ccc(CNCCCN=C(N)N)cc4)c(=O)nc3[nH]2)c1. The maximum absolute atomic E-state index is 12.9. The van der Waals surface area contributed by atoms with E-state index in [0.717, 1.165) is 65.7 Å². The Bertz CT molecular complexity index is 1470. The molecule has 0 saturated carbocycles. The molecule has 2 aromatic carbocycles. The van der Waals surface area contributed by atoms with Crippen LogP contribution in [0.25, 0.3) is 28.0 Å². The summed E-state index contributed by atoms with van der Waals surface area (Å²) in [6, 6.07) is 16.5. The van der Waals surface area contributed by atoms with Crippen LogP contribution in [0.1, 0.15) is 42.9 Å². The summed E-state index contributed by atoms with van der Waals surface area (Å²) in [5, 5.41) is 4.22. The van der Waals surface area contributed by atoms with Crippen LogP contribution in [-0.4, -0.2) is 39.6 Å². The predicted molar refractivity (Wildman–Crippen MR) is 160 cm³/mol. The number of aromatic nitrogens is 3. The molecule has 0 radical (unpaired) electrons. The zero-order valence-corrected chi connectivity index (χ0v) is 23.0. The molecule has 4 rings (SSSR count). The van der Waals surface area contributed by atoms with Crippen molar-refractivity contribution in [2.45, 2.75) is 51.1 Å². The first-order chi connectivity index (χ1) is 18.8. The highest BCUT2D eigenvalue weighted by atomic mass is 35.5. The molecule has 9 nitrogen and oxygen atoms in total. The Balaban J connectivity index is 1.49. The van der Waals surface area contributed by atoms with Gasteiger partial charge in [0.05, 0.1) is 5.69 Å². The second-order valence-corrected chi connectivity index (χ2v) is 10.2. The number of aromatic amines is 1. The molecular weight excluding hydrogens is 512 g/mol. The number of hydrogen-bond acceptors (Lipinski definition) is 5. The third kappa shape index (κ3) is 7.92. The number of nitrogens with one attached hydrogen (secondary N) is 2. The summed E-state index contributed by atoms with van der Waals surface area (Å²) in [4.78, 5) is 24.5. The summed E-state index contributed by atoms with van der Waals surface area (Å²) in [5.41, 5.74) is 22.9. The van der Waals surface area contributed by atoms with Crippen LogP contribution in [0.3, 0.4) is 0 Å². The minimum Gasteiger partial charge on any atom is -0.370 e. The fourth-order valence-corrected chi connectivity index (χ4v) is 4.68. The topological polar surface area (TPSA) is 153 Å². The van der Waals surface area contributed by atoms with Gasteiger partial charge in [-0.25, -0.2) is 4.79 Å². The van der Waals surface area contributed by atoms with Gasteiger partial charge >= 0.3 is 5.69 Å². The van der Waals surface area contributed by atoms with E-state index in [1.54, 1.807) is 4.57 Å². The highest BCUT2D eigenvalue weighted by molar-refractivity contribution is 6.17. The Morgan fingerprint density at radius 3 is 2.59 bits per heavy atom. The van der Waals surface area contributed by atoms with E-state index in [-0.39, 0.29) is 17.7 Å². The lowest BCUT2D eigenvalue weighted by Gasteiger charge is -2.09. The van der Waals surface area contributed by atoms with Crippen molar-refractivity contribution in [1.29, 1.82) is 0 Å². The molecule has 0 unspecified atom stereocenters. The molecule has 1 atom stereocenters. The second kappa shape index (κ2) is 13.4. The van der Waals surface area contributed by atoms with E-state index >= 15 is 0 Å². The summed E-state index contributed by atoms with van der Waals surface area (Å²) >= 11 is 6.20. The Morgan fingerprint density at radius 1 is 1.10 bits per heavy atom. The fourth-order valence-electron chi connectivity index (χ4n) is 4.52. The van der Waals surface area contributed by atoms with E-state index in [4.69, 9.17) is 28.8 Å². The van der Waals surface area contributed by atoms with E-state index in [1.165, 1.54) is 5.56 Å². The van der Waals surface area contributed by atoms with Crippen molar-refractivity contribution in [2.75, 3.05) is 13.1 Å². The highest BCUT2D eigenvalue weighted by Crippen LogP contribution is 2.26. The third-order valence-electron chi connectivity index (χ3n) is 6.50. The summed E-state index contributed by atoms with van der Waals surface area (Å²) in [6.45, 7) is 4.14. The minimum atomic E-state index is -0.340. The number of hydrogen-bond donors (Lipinski definition) is 5. The highest BCUT2D eigenvalue weighted by Gasteiger charge is 2.11. The molecule has 0 spiro atoms. The molecule has 206 valence electrons. The molecule has 0 aliphatic heterocycles. The number of H-pyrrole nitrogens is 1. The van der Waals surface area contributed by atoms with Gasteiger partial charge in [0.25, 0.3) is 0 Å².